The van der Waals surface area contributed by atoms with E-state index < -0.39 is 0 Å². The van der Waals surface area contributed by atoms with E-state index >= 15 is 0 Å². The normalized spacial score (nSPS) is 15.2. The summed E-state index contributed by atoms with van der Waals surface area (Å²) in [4.78, 5) is 26.5. The maximum absolute atomic E-state index is 12.7. The van der Waals surface area contributed by atoms with E-state index in [2.05, 4.69) is 47.9 Å². The maximum atomic E-state index is 12.7. The highest BCUT2D eigenvalue weighted by atomic mass is 35.5. The van der Waals surface area contributed by atoms with Crippen LogP contribution in [0, 0.1) is 0 Å². The van der Waals surface area contributed by atoms with Crippen molar-refractivity contribution in [1.82, 2.24) is 20.2 Å². The Balaban J connectivity index is 1.49. The minimum absolute atomic E-state index is 0.0156. The van der Waals surface area contributed by atoms with Crippen LogP contribution in [0.5, 0.6) is 0 Å². The maximum Gasteiger partial charge on any atom is 0.251 e. The summed E-state index contributed by atoms with van der Waals surface area (Å²) in [7, 11) is 2.11. The van der Waals surface area contributed by atoms with Gasteiger partial charge in [0.1, 0.15) is 11.0 Å². The predicted molar refractivity (Wildman–Crippen MR) is 152 cm³/mol. The van der Waals surface area contributed by atoms with Crippen LogP contribution in [-0.4, -0.2) is 59.5 Å². The Kier molecular flexibility index (Phi) is 11.8. The molecule has 1 aliphatic carbocycles. The zero-order valence-electron chi connectivity index (χ0n) is 22.3. The van der Waals surface area contributed by atoms with Crippen molar-refractivity contribution in [2.24, 2.45) is 0 Å². The number of rotatable bonds is 13. The van der Waals surface area contributed by atoms with Gasteiger partial charge in [-0.1, -0.05) is 68.6 Å². The molecule has 1 aliphatic rings. The van der Waals surface area contributed by atoms with Gasteiger partial charge in [-0.25, -0.2) is 9.97 Å². The lowest BCUT2D eigenvalue weighted by Gasteiger charge is -2.32. The van der Waals surface area contributed by atoms with Gasteiger partial charge in [0, 0.05) is 36.5 Å². The van der Waals surface area contributed by atoms with Crippen molar-refractivity contribution in [3.8, 4) is 0 Å². The molecule has 36 heavy (non-hydrogen) atoms. The fraction of sp³-hybridized carbons (Fsp3) is 0.607. The average Bonchev–Trinajstić information content (AvgIpc) is 2.90. The first-order chi connectivity index (χ1) is 17.4. The molecule has 1 N–H and O–H groups in total. The standard InChI is InChI=1S/C28H42ClN5OS/c1-5-34(6-2)18-10-11-21(3)30-27(35)23-16-14-22(15-17-23)20-36-28-31-25(29)19-26(32-28)33(4)24-12-8-7-9-13-24/h14-17,19,21,24H,5-13,18,20H2,1-4H3,(H,30,35). The van der Waals surface area contributed by atoms with Crippen molar-refractivity contribution in [2.45, 2.75) is 88.7 Å². The second-order valence-corrected chi connectivity index (χ2v) is 11.1. The number of amides is 1. The molecule has 1 heterocycles. The first kappa shape index (κ1) is 28.7. The Labute approximate surface area is 226 Å². The third kappa shape index (κ3) is 8.93. The topological polar surface area (TPSA) is 61.4 Å². The summed E-state index contributed by atoms with van der Waals surface area (Å²) in [5, 5.41) is 4.29. The molecule has 1 unspecified atom stereocenters. The van der Waals surface area contributed by atoms with Gasteiger partial charge >= 0.3 is 0 Å². The van der Waals surface area contributed by atoms with Gasteiger partial charge < -0.3 is 15.1 Å². The number of nitrogens with one attached hydrogen (secondary N) is 1. The van der Waals surface area contributed by atoms with Gasteiger partial charge in [0.15, 0.2) is 5.16 Å². The molecular weight excluding hydrogens is 490 g/mol. The smallest absolute Gasteiger partial charge is 0.251 e. The zero-order chi connectivity index (χ0) is 25.9. The highest BCUT2D eigenvalue weighted by Crippen LogP contribution is 2.28. The Bertz CT molecular complexity index is 947. The molecule has 198 valence electrons. The molecule has 0 bridgehead atoms. The van der Waals surface area contributed by atoms with E-state index in [1.807, 2.05) is 30.3 Å². The van der Waals surface area contributed by atoms with Gasteiger partial charge in [0.05, 0.1) is 0 Å². The van der Waals surface area contributed by atoms with Crippen LogP contribution < -0.4 is 10.2 Å². The molecule has 6 nitrogen and oxygen atoms in total. The van der Waals surface area contributed by atoms with Crippen molar-refractivity contribution < 1.29 is 4.79 Å². The van der Waals surface area contributed by atoms with Gasteiger partial charge in [0.25, 0.3) is 5.91 Å². The second-order valence-electron chi connectivity index (χ2n) is 9.76. The van der Waals surface area contributed by atoms with Gasteiger partial charge in [0.2, 0.25) is 0 Å². The van der Waals surface area contributed by atoms with Crippen LogP contribution in [-0.2, 0) is 5.75 Å². The lowest BCUT2D eigenvalue weighted by atomic mass is 9.94. The summed E-state index contributed by atoms with van der Waals surface area (Å²) in [6, 6.07) is 10.3. The number of carbonyl (C=O) groups is 1. The molecule has 0 radical (unpaired) electrons. The van der Waals surface area contributed by atoms with Crippen molar-refractivity contribution in [2.75, 3.05) is 31.6 Å². The van der Waals surface area contributed by atoms with Gasteiger partial charge in [-0.05, 0) is 69.9 Å². The summed E-state index contributed by atoms with van der Waals surface area (Å²) in [5.41, 5.74) is 1.81. The molecule has 1 aromatic heterocycles. The van der Waals surface area contributed by atoms with Crippen molar-refractivity contribution >= 4 is 35.1 Å². The molecule has 1 aromatic carbocycles. The monoisotopic (exact) mass is 531 g/mol. The number of hydrogen-bond donors (Lipinski definition) is 1. The lowest BCUT2D eigenvalue weighted by Crippen LogP contribution is -2.34. The molecule has 0 aliphatic heterocycles. The molecular formula is C28H42ClN5OS. The SMILES string of the molecule is CCN(CC)CCCC(C)NC(=O)c1ccc(CSc2nc(Cl)cc(N(C)C3CCCCC3)n2)cc1. The quantitative estimate of drug-likeness (QED) is 0.182. The minimum Gasteiger partial charge on any atom is -0.357 e. The second kappa shape index (κ2) is 14.8. The number of hydrogen-bond acceptors (Lipinski definition) is 6. The summed E-state index contributed by atoms with van der Waals surface area (Å²) < 4.78 is 0. The Hall–Kier alpha value is -1.83. The highest BCUT2D eigenvalue weighted by molar-refractivity contribution is 7.98. The number of benzene rings is 1. The molecule has 3 rings (SSSR count). The van der Waals surface area contributed by atoms with Crippen LogP contribution in [0.25, 0.3) is 0 Å². The van der Waals surface area contributed by atoms with E-state index in [-0.39, 0.29) is 11.9 Å². The number of nitrogens with zero attached hydrogens (tertiary/aromatic N) is 4. The van der Waals surface area contributed by atoms with Crippen LogP contribution in [0.3, 0.4) is 0 Å². The third-order valence-corrected chi connectivity index (χ3v) is 8.22. The third-order valence-electron chi connectivity index (χ3n) is 7.11. The first-order valence-corrected chi connectivity index (χ1v) is 14.8. The van der Waals surface area contributed by atoms with Crippen LogP contribution in [0.2, 0.25) is 5.15 Å². The van der Waals surface area contributed by atoms with Crippen LogP contribution >= 0.6 is 23.4 Å². The Morgan fingerprint density at radius 2 is 1.83 bits per heavy atom. The minimum atomic E-state index is -0.0156. The summed E-state index contributed by atoms with van der Waals surface area (Å²) in [6.07, 6.45) is 8.35. The summed E-state index contributed by atoms with van der Waals surface area (Å²) >= 11 is 7.90. The van der Waals surface area contributed by atoms with E-state index in [4.69, 9.17) is 16.6 Å². The van der Waals surface area contributed by atoms with E-state index in [9.17, 15) is 4.79 Å². The highest BCUT2D eigenvalue weighted by Gasteiger charge is 2.20. The van der Waals surface area contributed by atoms with Crippen molar-refractivity contribution in [1.29, 1.82) is 0 Å². The van der Waals surface area contributed by atoms with Crippen molar-refractivity contribution in [3.63, 3.8) is 0 Å². The number of anilines is 1. The first-order valence-electron chi connectivity index (χ1n) is 13.4. The van der Waals surface area contributed by atoms with E-state index in [0.717, 1.165) is 49.6 Å². The molecule has 0 spiro atoms. The van der Waals surface area contributed by atoms with Gasteiger partial charge in [-0.15, -0.1) is 0 Å². The Morgan fingerprint density at radius 1 is 1.14 bits per heavy atom. The zero-order valence-corrected chi connectivity index (χ0v) is 23.9. The van der Waals surface area contributed by atoms with Crippen LogP contribution in [0.4, 0.5) is 5.82 Å². The molecule has 1 saturated carbocycles. The molecule has 1 fully saturated rings. The van der Waals surface area contributed by atoms with Crippen LogP contribution in [0.1, 0.15) is 81.6 Å². The predicted octanol–water partition coefficient (Wildman–Crippen LogP) is 6.43. The van der Waals surface area contributed by atoms with Gasteiger partial charge in [-0.2, -0.15) is 0 Å². The number of aromatic nitrogens is 2. The Morgan fingerprint density at radius 3 is 2.50 bits per heavy atom. The molecule has 2 aromatic rings. The van der Waals surface area contributed by atoms with E-state index in [0.29, 0.717) is 21.9 Å². The van der Waals surface area contributed by atoms with Crippen molar-refractivity contribution in [3.05, 3.63) is 46.6 Å². The van der Waals surface area contributed by atoms with E-state index in [1.54, 1.807) is 11.8 Å². The number of carbonyl (C=O) groups excluding carboxylic acids is 1. The number of halogens is 1. The fourth-order valence-corrected chi connectivity index (χ4v) is 5.76. The van der Waals surface area contributed by atoms with Crippen LogP contribution in [0.15, 0.2) is 35.5 Å². The largest absolute Gasteiger partial charge is 0.357 e. The molecule has 1 atom stereocenters. The lowest BCUT2D eigenvalue weighted by molar-refractivity contribution is 0.0937. The average molecular weight is 532 g/mol. The summed E-state index contributed by atoms with van der Waals surface area (Å²) in [6.45, 7) is 9.68. The molecule has 0 saturated heterocycles. The number of thioether (sulfide) groups is 1. The molecule has 1 amide bonds. The van der Waals surface area contributed by atoms with Gasteiger partial charge in [-0.3, -0.25) is 4.79 Å². The fourth-order valence-electron chi connectivity index (χ4n) is 4.73. The van der Waals surface area contributed by atoms with E-state index in [1.165, 1.54) is 32.1 Å². The summed E-state index contributed by atoms with van der Waals surface area (Å²) in [5.74, 6) is 1.59. The molecule has 8 heteroatoms.